The van der Waals surface area contributed by atoms with Gasteiger partial charge in [-0.2, -0.15) is 0 Å². The van der Waals surface area contributed by atoms with Gasteiger partial charge in [0.25, 0.3) is 0 Å². The number of aliphatic hydroxyl groups excluding tert-OH is 1. The van der Waals surface area contributed by atoms with E-state index < -0.39 is 0 Å². The second-order valence-corrected chi connectivity index (χ2v) is 14.1. The highest BCUT2D eigenvalue weighted by atomic mass is 16.5. The Kier molecular flexibility index (Phi) is 20.9. The molecular weight excluding hydrogens is 596 g/mol. The number of unbranched alkanes of at least 4 members (excludes halogenated alkanes) is 2. The molecule has 0 aromatic heterocycles. The predicted molar refractivity (Wildman–Crippen MR) is 200 cm³/mol. The van der Waals surface area contributed by atoms with E-state index in [4.69, 9.17) is 14.6 Å². The minimum absolute atomic E-state index is 0.218. The molecule has 0 aliphatic heterocycles. The van der Waals surface area contributed by atoms with Crippen molar-refractivity contribution < 1.29 is 24.2 Å². The van der Waals surface area contributed by atoms with Gasteiger partial charge in [0, 0.05) is 25.7 Å². The van der Waals surface area contributed by atoms with E-state index in [1.165, 1.54) is 107 Å². The fraction of sp³-hybridized carbons (Fsp3) is 0.581. The maximum absolute atomic E-state index is 9.48. The SMILES string of the molecule is C=C(C)C=O.C=C(C=O)CO.CCCCCC1CCc2cc(-c3ccc(CCC4CCC(CC(COC)COC)CC4)cc3)ccc2C1. The Balaban J connectivity index is 0.000000629. The number of hydrogen-bond acceptors (Lipinski definition) is 5. The summed E-state index contributed by atoms with van der Waals surface area (Å²) in [5.41, 5.74) is 8.27. The molecule has 0 saturated heterocycles. The molecule has 4 rings (SSSR count). The van der Waals surface area contributed by atoms with Crippen molar-refractivity contribution in [2.45, 2.75) is 104 Å². The highest BCUT2D eigenvalue weighted by Gasteiger charge is 2.24. The van der Waals surface area contributed by atoms with Crippen molar-refractivity contribution in [3.05, 3.63) is 83.5 Å². The molecule has 5 heteroatoms. The second-order valence-electron chi connectivity index (χ2n) is 14.1. The van der Waals surface area contributed by atoms with Crippen LogP contribution in [-0.4, -0.2) is 51.7 Å². The molecule has 0 amide bonds. The van der Waals surface area contributed by atoms with Crippen LogP contribution in [0.1, 0.15) is 101 Å². The molecule has 0 spiro atoms. The van der Waals surface area contributed by atoms with Crippen LogP contribution in [0.3, 0.4) is 0 Å². The summed E-state index contributed by atoms with van der Waals surface area (Å²) < 4.78 is 10.8. The maximum atomic E-state index is 9.48. The van der Waals surface area contributed by atoms with E-state index in [9.17, 15) is 9.59 Å². The molecule has 1 atom stereocenters. The summed E-state index contributed by atoms with van der Waals surface area (Å²) in [6.07, 6.45) is 20.1. The van der Waals surface area contributed by atoms with Gasteiger partial charge in [-0.25, -0.2) is 0 Å². The Morgan fingerprint density at radius 3 is 2.00 bits per heavy atom. The number of hydrogen-bond donors (Lipinski definition) is 1. The number of carbonyl (C=O) groups is 2. The molecule has 5 nitrogen and oxygen atoms in total. The third kappa shape index (κ3) is 16.0. The quantitative estimate of drug-likeness (QED) is 0.104. The number of fused-ring (bicyclic) bond motifs is 1. The van der Waals surface area contributed by atoms with Gasteiger partial charge in [0.05, 0.1) is 19.8 Å². The lowest BCUT2D eigenvalue weighted by molar-refractivity contribution is -0.105. The summed E-state index contributed by atoms with van der Waals surface area (Å²) >= 11 is 0. The monoisotopic (exact) mass is 660 g/mol. The Bertz CT molecular complexity index is 1200. The predicted octanol–water partition coefficient (Wildman–Crippen LogP) is 9.57. The van der Waals surface area contributed by atoms with Gasteiger partial charge in [-0.15, -0.1) is 0 Å². The van der Waals surface area contributed by atoms with Crippen LogP contribution in [0.2, 0.25) is 0 Å². The fourth-order valence-corrected chi connectivity index (χ4v) is 7.09. The van der Waals surface area contributed by atoms with Gasteiger partial charge in [-0.3, -0.25) is 9.59 Å². The minimum Gasteiger partial charge on any atom is -0.392 e. The maximum Gasteiger partial charge on any atom is 0.147 e. The standard InChI is InChI=1S/C35H52O2.C4H6O2.C4H6O/c1-4-5-6-7-29-16-19-35-24-34(21-20-33(35)23-29)32-17-14-28(15-18-32)9-8-27-10-12-30(13-11-27)22-31(25-36-2)26-37-3;1-4(2-5)3-6;1-4(2)3-5/h14-15,17-18,20-21,24,27,29-31H,4-13,16,19,22-23,25-26H2,1-3H3;2,6H,1,3H2;3H,1H2,2H3. The molecule has 0 radical (unpaired) electrons. The van der Waals surface area contributed by atoms with Gasteiger partial charge in [0.1, 0.15) is 12.6 Å². The number of aryl methyl sites for hydroxylation is 2. The summed E-state index contributed by atoms with van der Waals surface area (Å²) in [6.45, 7) is 11.9. The summed E-state index contributed by atoms with van der Waals surface area (Å²) in [7, 11) is 3.62. The molecule has 1 fully saturated rings. The third-order valence-electron chi connectivity index (χ3n) is 9.89. The summed E-state index contributed by atoms with van der Waals surface area (Å²) in [5.74, 6) is 3.21. The van der Waals surface area contributed by atoms with Crippen LogP contribution in [-0.2, 0) is 38.3 Å². The molecule has 2 aliphatic carbocycles. The van der Waals surface area contributed by atoms with Crippen LogP contribution in [0, 0.1) is 23.7 Å². The first-order valence-electron chi connectivity index (χ1n) is 18.3. The lowest BCUT2D eigenvalue weighted by Gasteiger charge is -2.30. The van der Waals surface area contributed by atoms with E-state index in [-0.39, 0.29) is 12.2 Å². The lowest BCUT2D eigenvalue weighted by atomic mass is 9.76. The summed E-state index contributed by atoms with van der Waals surface area (Å²) in [4.78, 5) is 18.9. The van der Waals surface area contributed by atoms with Gasteiger partial charge in [-0.1, -0.05) is 114 Å². The zero-order chi connectivity index (χ0) is 35.1. The van der Waals surface area contributed by atoms with Crippen molar-refractivity contribution in [3.63, 3.8) is 0 Å². The van der Waals surface area contributed by atoms with Crippen molar-refractivity contribution >= 4 is 12.6 Å². The van der Waals surface area contributed by atoms with Crippen LogP contribution in [0.15, 0.2) is 66.8 Å². The molecular formula is C43H64O5. The summed E-state index contributed by atoms with van der Waals surface area (Å²) in [6, 6.07) is 16.7. The zero-order valence-corrected chi connectivity index (χ0v) is 30.5. The zero-order valence-electron chi connectivity index (χ0n) is 30.5. The average Bonchev–Trinajstić information content (AvgIpc) is 3.11. The number of aliphatic hydroxyl groups is 1. The van der Waals surface area contributed by atoms with Gasteiger partial charge in [0.15, 0.2) is 0 Å². The molecule has 1 N–H and O–H groups in total. The van der Waals surface area contributed by atoms with Gasteiger partial charge >= 0.3 is 0 Å². The van der Waals surface area contributed by atoms with E-state index in [0.29, 0.717) is 17.8 Å². The molecule has 2 aromatic rings. The number of carbonyl (C=O) groups excluding carboxylic acids is 2. The largest absolute Gasteiger partial charge is 0.392 e. The molecule has 0 bridgehead atoms. The molecule has 0 heterocycles. The normalized spacial score (nSPS) is 18.4. The first-order chi connectivity index (χ1) is 23.3. The Hall–Kier alpha value is -2.86. The van der Waals surface area contributed by atoms with Crippen molar-refractivity contribution in [2.24, 2.45) is 23.7 Å². The Morgan fingerprint density at radius 2 is 1.46 bits per heavy atom. The van der Waals surface area contributed by atoms with E-state index in [1.807, 2.05) is 14.2 Å². The van der Waals surface area contributed by atoms with E-state index in [1.54, 1.807) is 18.1 Å². The van der Waals surface area contributed by atoms with E-state index >= 15 is 0 Å². The Morgan fingerprint density at radius 1 is 0.833 bits per heavy atom. The number of benzene rings is 2. The average molecular weight is 661 g/mol. The number of allylic oxidation sites excluding steroid dienone is 1. The first-order valence-corrected chi connectivity index (χ1v) is 18.3. The van der Waals surface area contributed by atoms with Crippen LogP contribution < -0.4 is 0 Å². The lowest BCUT2D eigenvalue weighted by Crippen LogP contribution is -2.22. The number of aldehydes is 2. The Labute approximate surface area is 292 Å². The topological polar surface area (TPSA) is 72.8 Å². The van der Waals surface area contributed by atoms with Crippen molar-refractivity contribution in [2.75, 3.05) is 34.0 Å². The van der Waals surface area contributed by atoms with Crippen LogP contribution >= 0.6 is 0 Å². The van der Waals surface area contributed by atoms with Gasteiger partial charge in [-0.05, 0) is 96.6 Å². The van der Waals surface area contributed by atoms with Crippen molar-refractivity contribution in [1.29, 1.82) is 0 Å². The van der Waals surface area contributed by atoms with Crippen LogP contribution in [0.5, 0.6) is 0 Å². The highest BCUT2D eigenvalue weighted by molar-refractivity contribution is 5.72. The number of rotatable bonds is 17. The van der Waals surface area contributed by atoms with Crippen LogP contribution in [0.4, 0.5) is 0 Å². The fourth-order valence-electron chi connectivity index (χ4n) is 7.09. The van der Waals surface area contributed by atoms with Crippen LogP contribution in [0.25, 0.3) is 11.1 Å². The second kappa shape index (κ2) is 24.3. The number of ether oxygens (including phenoxy) is 2. The van der Waals surface area contributed by atoms with Gasteiger partial charge < -0.3 is 14.6 Å². The van der Waals surface area contributed by atoms with Crippen molar-refractivity contribution in [3.8, 4) is 11.1 Å². The third-order valence-corrected chi connectivity index (χ3v) is 9.89. The van der Waals surface area contributed by atoms with Gasteiger partial charge in [0.2, 0.25) is 0 Å². The van der Waals surface area contributed by atoms with E-state index in [2.05, 4.69) is 62.5 Å². The van der Waals surface area contributed by atoms with Crippen molar-refractivity contribution in [1.82, 2.24) is 0 Å². The molecule has 1 saturated carbocycles. The minimum atomic E-state index is -0.233. The molecule has 48 heavy (non-hydrogen) atoms. The smallest absolute Gasteiger partial charge is 0.147 e. The summed E-state index contributed by atoms with van der Waals surface area (Å²) in [5, 5.41) is 8.00. The molecule has 2 aliphatic rings. The molecule has 1 unspecified atom stereocenters. The number of methoxy groups -OCH3 is 2. The highest BCUT2D eigenvalue weighted by Crippen LogP contribution is 2.36. The molecule has 266 valence electrons. The first kappa shape index (κ1) is 41.3. The molecule has 2 aromatic carbocycles. The van der Waals surface area contributed by atoms with E-state index in [0.717, 1.165) is 37.3 Å².